The molecule has 1 amide bonds. The van der Waals surface area contributed by atoms with Crippen LogP contribution < -0.4 is 11.1 Å². The van der Waals surface area contributed by atoms with Crippen molar-refractivity contribution in [3.63, 3.8) is 0 Å². The van der Waals surface area contributed by atoms with Crippen LogP contribution in [0.4, 0.5) is 0 Å². The van der Waals surface area contributed by atoms with Gasteiger partial charge in [-0.25, -0.2) is 0 Å². The van der Waals surface area contributed by atoms with Gasteiger partial charge >= 0.3 is 0 Å². The lowest BCUT2D eigenvalue weighted by Gasteiger charge is -2.19. The third kappa shape index (κ3) is 8.33. The summed E-state index contributed by atoms with van der Waals surface area (Å²) in [6.07, 6.45) is 3.14. The molecule has 0 unspecified atom stereocenters. The molecule has 0 aliphatic rings. The van der Waals surface area contributed by atoms with Gasteiger partial charge in [-0.1, -0.05) is 41.0 Å². The summed E-state index contributed by atoms with van der Waals surface area (Å²) in [6.45, 7) is 10.9. The van der Waals surface area contributed by atoms with Gasteiger partial charge < -0.3 is 16.2 Å². The smallest absolute Gasteiger partial charge is 0.246 e. The highest BCUT2D eigenvalue weighted by Crippen LogP contribution is 2.12. The number of aliphatic hydroxyl groups excluding tert-OH is 1. The van der Waals surface area contributed by atoms with Crippen LogP contribution in [0.1, 0.15) is 53.9 Å². The molecule has 0 bridgehead atoms. The summed E-state index contributed by atoms with van der Waals surface area (Å²) in [7, 11) is 0. The number of aliphatic hydroxyl groups is 1. The third-order valence-electron chi connectivity index (χ3n) is 3.04. The molecule has 0 aliphatic carbocycles. The van der Waals surface area contributed by atoms with Crippen molar-refractivity contribution in [3.05, 3.63) is 11.6 Å². The second kappa shape index (κ2) is 9.94. The van der Waals surface area contributed by atoms with Crippen LogP contribution in [0, 0.1) is 11.8 Å². The lowest BCUT2D eigenvalue weighted by Crippen LogP contribution is -2.36. The maximum absolute atomic E-state index is 12.1. The molecule has 0 fully saturated rings. The average Bonchev–Trinajstić information content (AvgIpc) is 2.34. The van der Waals surface area contributed by atoms with Crippen LogP contribution in [0.5, 0.6) is 0 Å². The van der Waals surface area contributed by atoms with Crippen LogP contribution >= 0.6 is 0 Å². The fraction of sp³-hybridized carbons (Fsp3) is 0.812. The molecule has 0 rings (SSSR count). The Hall–Kier alpha value is -0.870. The molecule has 0 aromatic rings. The average molecular weight is 284 g/mol. The number of rotatable bonds is 9. The highest BCUT2D eigenvalue weighted by molar-refractivity contribution is 5.93. The first-order valence-electron chi connectivity index (χ1n) is 7.70. The van der Waals surface area contributed by atoms with Crippen LogP contribution in [-0.4, -0.2) is 29.7 Å². The van der Waals surface area contributed by atoms with Gasteiger partial charge in [-0.3, -0.25) is 4.79 Å². The van der Waals surface area contributed by atoms with E-state index in [2.05, 4.69) is 33.0 Å². The maximum Gasteiger partial charge on any atom is 0.246 e. The van der Waals surface area contributed by atoms with E-state index in [0.29, 0.717) is 30.4 Å². The van der Waals surface area contributed by atoms with E-state index in [1.165, 1.54) is 0 Å². The van der Waals surface area contributed by atoms with Crippen molar-refractivity contribution in [2.75, 3.05) is 6.54 Å². The van der Waals surface area contributed by atoms with E-state index in [1.807, 2.05) is 6.92 Å². The van der Waals surface area contributed by atoms with E-state index in [-0.39, 0.29) is 11.9 Å². The molecule has 4 N–H and O–H groups in total. The molecule has 4 heteroatoms. The van der Waals surface area contributed by atoms with Crippen LogP contribution in [0.2, 0.25) is 0 Å². The molecule has 0 aliphatic heterocycles. The first-order valence-corrected chi connectivity index (χ1v) is 7.70. The Morgan fingerprint density at radius 1 is 1.25 bits per heavy atom. The van der Waals surface area contributed by atoms with Crippen LogP contribution in [0.3, 0.4) is 0 Å². The summed E-state index contributed by atoms with van der Waals surface area (Å²) in [4.78, 5) is 12.1. The predicted octanol–water partition coefficient (Wildman–Crippen LogP) is 2.22. The van der Waals surface area contributed by atoms with Gasteiger partial charge in [-0.2, -0.15) is 0 Å². The van der Waals surface area contributed by atoms with Crippen molar-refractivity contribution >= 4 is 5.91 Å². The summed E-state index contributed by atoms with van der Waals surface area (Å²) >= 11 is 0. The molecule has 0 radical (unpaired) electrons. The summed E-state index contributed by atoms with van der Waals surface area (Å²) in [5.41, 5.74) is 6.60. The first-order chi connectivity index (χ1) is 9.27. The van der Waals surface area contributed by atoms with Gasteiger partial charge in [0.25, 0.3) is 0 Å². The summed E-state index contributed by atoms with van der Waals surface area (Å²) in [6, 6.07) is -0.320. The van der Waals surface area contributed by atoms with Crippen LogP contribution in [0.15, 0.2) is 11.6 Å². The Kier molecular flexibility index (Phi) is 9.51. The number of amides is 1. The van der Waals surface area contributed by atoms with Crippen LogP contribution in [0.25, 0.3) is 0 Å². The number of hydrogen-bond acceptors (Lipinski definition) is 3. The fourth-order valence-corrected chi connectivity index (χ4v) is 1.97. The zero-order valence-corrected chi connectivity index (χ0v) is 13.6. The predicted molar refractivity (Wildman–Crippen MR) is 84.3 cm³/mol. The SMILES string of the molecule is CCC/C(=C\[C@H](O)[C@@H](N)CC(C)C)C(=O)NCC(C)C. The Labute approximate surface area is 123 Å². The van der Waals surface area contributed by atoms with Crippen molar-refractivity contribution in [2.45, 2.75) is 66.0 Å². The fourth-order valence-electron chi connectivity index (χ4n) is 1.97. The van der Waals surface area contributed by atoms with Crippen molar-refractivity contribution in [1.29, 1.82) is 0 Å². The van der Waals surface area contributed by atoms with E-state index in [1.54, 1.807) is 6.08 Å². The van der Waals surface area contributed by atoms with Gasteiger partial charge in [-0.15, -0.1) is 0 Å². The standard InChI is InChI=1S/C16H32N2O2/c1-6-7-13(16(20)18-10-12(4)5)9-15(19)14(17)8-11(2)3/h9,11-12,14-15,19H,6-8,10,17H2,1-5H3,(H,18,20)/b13-9+/t14-,15-/m0/s1. The number of nitrogens with one attached hydrogen (secondary N) is 1. The molecular weight excluding hydrogens is 252 g/mol. The van der Waals surface area contributed by atoms with Crippen molar-refractivity contribution in [2.24, 2.45) is 17.6 Å². The monoisotopic (exact) mass is 284 g/mol. The Morgan fingerprint density at radius 3 is 2.30 bits per heavy atom. The second-order valence-electron chi connectivity index (χ2n) is 6.33. The van der Waals surface area contributed by atoms with Gasteiger partial charge in [0.05, 0.1) is 6.10 Å². The van der Waals surface area contributed by atoms with E-state index in [9.17, 15) is 9.90 Å². The normalized spacial score (nSPS) is 15.6. The van der Waals surface area contributed by atoms with Crippen molar-refractivity contribution in [1.82, 2.24) is 5.32 Å². The minimum Gasteiger partial charge on any atom is -0.387 e. The van der Waals surface area contributed by atoms with Gasteiger partial charge in [0.2, 0.25) is 5.91 Å². The molecular formula is C16H32N2O2. The van der Waals surface area contributed by atoms with Crippen LogP contribution in [-0.2, 0) is 4.79 Å². The Bertz CT molecular complexity index is 312. The second-order valence-corrected chi connectivity index (χ2v) is 6.33. The lowest BCUT2D eigenvalue weighted by atomic mass is 9.97. The van der Waals surface area contributed by atoms with Gasteiger partial charge in [0, 0.05) is 18.2 Å². The van der Waals surface area contributed by atoms with E-state index < -0.39 is 6.10 Å². The molecule has 0 aromatic heterocycles. The molecule has 118 valence electrons. The summed E-state index contributed by atoms with van der Waals surface area (Å²) in [5.74, 6) is 0.753. The molecule has 2 atom stereocenters. The van der Waals surface area contributed by atoms with Crippen molar-refractivity contribution < 1.29 is 9.90 Å². The maximum atomic E-state index is 12.1. The largest absolute Gasteiger partial charge is 0.387 e. The minimum absolute atomic E-state index is 0.0867. The number of hydrogen-bond donors (Lipinski definition) is 3. The summed E-state index contributed by atoms with van der Waals surface area (Å²) in [5, 5.41) is 13.0. The number of carbonyl (C=O) groups excluding carboxylic acids is 1. The highest BCUT2D eigenvalue weighted by Gasteiger charge is 2.17. The van der Waals surface area contributed by atoms with E-state index in [0.717, 1.165) is 12.8 Å². The molecule has 4 nitrogen and oxygen atoms in total. The molecule has 0 aromatic carbocycles. The third-order valence-corrected chi connectivity index (χ3v) is 3.04. The number of carbonyl (C=O) groups is 1. The summed E-state index contributed by atoms with van der Waals surface area (Å²) < 4.78 is 0. The van der Waals surface area contributed by atoms with Gasteiger partial charge in [-0.05, 0) is 30.8 Å². The molecule has 0 saturated heterocycles. The zero-order valence-electron chi connectivity index (χ0n) is 13.6. The molecule has 0 spiro atoms. The zero-order chi connectivity index (χ0) is 15.7. The number of nitrogens with two attached hydrogens (primary N) is 1. The molecule has 20 heavy (non-hydrogen) atoms. The molecule has 0 saturated carbocycles. The first kappa shape index (κ1) is 19.1. The van der Waals surface area contributed by atoms with E-state index >= 15 is 0 Å². The quantitative estimate of drug-likeness (QED) is 0.568. The van der Waals surface area contributed by atoms with E-state index in [4.69, 9.17) is 5.73 Å². The molecule has 0 heterocycles. The van der Waals surface area contributed by atoms with Gasteiger partial charge in [0.1, 0.15) is 0 Å². The topological polar surface area (TPSA) is 75.3 Å². The highest BCUT2D eigenvalue weighted by atomic mass is 16.3. The lowest BCUT2D eigenvalue weighted by molar-refractivity contribution is -0.117. The Morgan fingerprint density at radius 2 is 1.85 bits per heavy atom. The van der Waals surface area contributed by atoms with Crippen molar-refractivity contribution in [3.8, 4) is 0 Å². The minimum atomic E-state index is -0.760. The van der Waals surface area contributed by atoms with Gasteiger partial charge in [0.15, 0.2) is 0 Å². The Balaban J connectivity index is 4.70.